The average molecular weight is 486 g/mol. The van der Waals surface area contributed by atoms with Crippen molar-refractivity contribution in [2.75, 3.05) is 13.2 Å². The van der Waals surface area contributed by atoms with E-state index in [9.17, 15) is 21.6 Å². The van der Waals surface area contributed by atoms with Gasteiger partial charge in [0.2, 0.25) is 0 Å². The number of allylic oxidation sites excluding steroid dienone is 2. The van der Waals surface area contributed by atoms with E-state index in [4.69, 9.17) is 9.38 Å². The first-order valence-corrected chi connectivity index (χ1v) is 17.3. The van der Waals surface area contributed by atoms with Gasteiger partial charge in [-0.25, -0.2) is 0 Å². The number of halogens is 3. The molecule has 0 amide bonds. The van der Waals surface area contributed by atoms with Gasteiger partial charge in [-0.15, -0.1) is 0 Å². The molecule has 0 aromatic carbocycles. The summed E-state index contributed by atoms with van der Waals surface area (Å²) in [6, 6.07) is 0. The number of hydrogen-bond acceptors (Lipinski definition) is 4. The molecule has 1 spiro atoms. The molecule has 1 fully saturated rings. The maximum atomic E-state index is 12.3. The van der Waals surface area contributed by atoms with Gasteiger partial charge in [0.05, 0.1) is 0 Å². The first-order valence-electron chi connectivity index (χ1n) is 9.01. The number of hydrogen-bond donors (Lipinski definition) is 0. The van der Waals surface area contributed by atoms with Gasteiger partial charge in [-0.2, -0.15) is 21.6 Å². The molecule has 28 heavy (non-hydrogen) atoms. The van der Waals surface area contributed by atoms with E-state index in [1.807, 2.05) is 0 Å². The van der Waals surface area contributed by atoms with Gasteiger partial charge in [0.25, 0.3) is 0 Å². The molecule has 0 atom stereocenters. The quantitative estimate of drug-likeness (QED) is 0.348. The molecule has 0 N–H and O–H groups in total. The largest absolute Gasteiger partial charge is 1.00 e. The molecule has 12 heteroatoms. The van der Waals surface area contributed by atoms with E-state index in [0.717, 1.165) is 0 Å². The van der Waals surface area contributed by atoms with Crippen LogP contribution in [0, 0.1) is 5.41 Å². The van der Waals surface area contributed by atoms with Crippen LogP contribution in [0.1, 0.15) is 25.7 Å². The third-order valence-corrected chi connectivity index (χ3v) is 10.4. The van der Waals surface area contributed by atoms with Crippen LogP contribution in [0.2, 0.25) is 39.3 Å². The Balaban J connectivity index is 0.000000627. The summed E-state index contributed by atoms with van der Waals surface area (Å²) in [5, 5.41) is 0. The third-order valence-electron chi connectivity index (χ3n) is 4.08. The molecule has 0 aromatic rings. The van der Waals surface area contributed by atoms with Gasteiger partial charge in [0.1, 0.15) is 5.76 Å². The van der Waals surface area contributed by atoms with Gasteiger partial charge < -0.3 is 13.6 Å². The topological polar surface area (TPSA) is 66.7 Å². The van der Waals surface area contributed by atoms with E-state index in [-0.39, 0.29) is 57.1 Å². The number of nitrogens with zero attached hydrogens (tertiary/aromatic N) is 1. The van der Waals surface area contributed by atoms with Crippen molar-refractivity contribution in [2.24, 2.45) is 5.41 Å². The van der Waals surface area contributed by atoms with Gasteiger partial charge >= 0.3 is 67.0 Å². The average Bonchev–Trinajstić information content (AvgIpc) is 2.77. The Hall–Kier alpha value is 1.27. The summed E-state index contributed by atoms with van der Waals surface area (Å²) in [4.78, 5) is 0. The van der Waals surface area contributed by atoms with E-state index in [1.54, 1.807) is 0 Å². The summed E-state index contributed by atoms with van der Waals surface area (Å²) in [5.74, 6) is -0.0666. The Morgan fingerprint density at radius 3 is 1.86 bits per heavy atom. The Labute approximate surface area is 211 Å². The van der Waals surface area contributed by atoms with Crippen molar-refractivity contribution in [3.63, 3.8) is 0 Å². The maximum Gasteiger partial charge on any atom is 1.00 e. The first-order chi connectivity index (χ1) is 12.0. The summed E-state index contributed by atoms with van der Waals surface area (Å²) in [6.07, 6.45) is 3.56. The molecule has 5 nitrogen and oxygen atoms in total. The summed E-state index contributed by atoms with van der Waals surface area (Å²) in [6.45, 7) is 14.6. The molecule has 0 bridgehead atoms. The van der Waals surface area contributed by atoms with E-state index >= 15 is 0 Å². The predicted molar refractivity (Wildman–Crippen MR) is 106 cm³/mol. The van der Waals surface area contributed by atoms with Crippen LogP contribution < -0.4 is 51.4 Å². The zero-order valence-corrected chi connectivity index (χ0v) is 23.9. The molecule has 0 saturated carbocycles. The van der Waals surface area contributed by atoms with E-state index in [0.29, 0.717) is 38.9 Å². The van der Waals surface area contributed by atoms with E-state index < -0.39 is 37.5 Å². The Morgan fingerprint density at radius 1 is 1.04 bits per heavy atom. The normalized spacial score (nSPS) is 20.0. The second kappa shape index (κ2) is 10.7. The molecule has 1 saturated heterocycles. The van der Waals surface area contributed by atoms with Gasteiger partial charge in [-0.3, -0.25) is 0 Å². The molecule has 0 radical (unpaired) electrons. The second-order valence-electron chi connectivity index (χ2n) is 8.94. The molecular formula is C16H31F3KNO4SSi2. The fourth-order valence-corrected chi connectivity index (χ4v) is 12.0. The standard InChI is InChI=1S/C10H13F3O4S.C6H18NSi2.K/c11-10(12,13)18(14,15)17-8-2-1-3-9(8)4-6-16-7-5-9;1-8(2,3)7-9(4,5)6;/h2H,1,3-7H2;1-6H3;/q;-1;+1. The van der Waals surface area contributed by atoms with Crippen molar-refractivity contribution in [1.82, 2.24) is 0 Å². The monoisotopic (exact) mass is 485 g/mol. The minimum absolute atomic E-state index is 0. The first kappa shape index (κ1) is 29.3. The Morgan fingerprint density at radius 2 is 1.50 bits per heavy atom. The fourth-order valence-electron chi connectivity index (χ4n) is 3.37. The molecule has 1 aliphatic heterocycles. The molecular weight excluding hydrogens is 455 g/mol. The summed E-state index contributed by atoms with van der Waals surface area (Å²) in [5.41, 5.74) is -5.99. The second-order valence-corrected chi connectivity index (χ2v) is 20.1. The Kier molecular flexibility index (Phi) is 11.2. The van der Waals surface area contributed by atoms with Gasteiger partial charge in [-0.05, 0) is 31.8 Å². The minimum atomic E-state index is -5.57. The third kappa shape index (κ3) is 9.60. The molecule has 2 aliphatic rings. The summed E-state index contributed by atoms with van der Waals surface area (Å²) >= 11 is 0. The number of rotatable bonds is 4. The maximum absolute atomic E-state index is 12.3. The van der Waals surface area contributed by atoms with Crippen molar-refractivity contribution in [1.29, 1.82) is 0 Å². The van der Waals surface area contributed by atoms with Gasteiger partial charge in [0.15, 0.2) is 0 Å². The van der Waals surface area contributed by atoms with Crippen LogP contribution in [-0.2, 0) is 19.0 Å². The SMILES string of the molecule is C[Si](C)(C)[N-][Si](C)(C)C.O=S(=O)(OC1=CCCC12CCOCC2)C(F)(F)F.[K+]. The fraction of sp³-hybridized carbons (Fsp3) is 0.875. The predicted octanol–water partition coefficient (Wildman–Crippen LogP) is 2.36. The molecule has 1 heterocycles. The molecule has 0 aromatic heterocycles. The van der Waals surface area contributed by atoms with Gasteiger partial charge in [0, 0.05) is 18.6 Å². The van der Waals surface area contributed by atoms with Crippen LogP contribution in [0.4, 0.5) is 13.2 Å². The minimum Gasteiger partial charge on any atom is -0.668 e. The van der Waals surface area contributed by atoms with Crippen molar-refractivity contribution in [3.05, 3.63) is 16.5 Å². The molecule has 1 aliphatic carbocycles. The van der Waals surface area contributed by atoms with Crippen LogP contribution in [0.15, 0.2) is 11.8 Å². The summed E-state index contributed by atoms with van der Waals surface area (Å²) in [7, 11) is -7.78. The molecule has 160 valence electrons. The zero-order valence-electron chi connectivity index (χ0n) is 17.9. The van der Waals surface area contributed by atoms with Crippen molar-refractivity contribution in [3.8, 4) is 0 Å². The summed E-state index contributed by atoms with van der Waals surface area (Å²) < 4.78 is 73.1. The van der Waals surface area contributed by atoms with Crippen molar-refractivity contribution >= 4 is 26.6 Å². The van der Waals surface area contributed by atoms with Crippen LogP contribution in [-0.4, -0.2) is 43.6 Å². The van der Waals surface area contributed by atoms with Crippen LogP contribution in [0.5, 0.6) is 0 Å². The number of alkyl halides is 3. The van der Waals surface area contributed by atoms with Gasteiger partial charge in [-0.1, -0.05) is 55.8 Å². The van der Waals surface area contributed by atoms with Crippen LogP contribution in [0.3, 0.4) is 0 Å². The number of ether oxygens (including phenoxy) is 1. The smallest absolute Gasteiger partial charge is 0.668 e. The van der Waals surface area contributed by atoms with E-state index in [2.05, 4.69) is 43.5 Å². The van der Waals surface area contributed by atoms with Crippen LogP contribution >= 0.6 is 0 Å². The molecule has 0 unspecified atom stereocenters. The van der Waals surface area contributed by atoms with Crippen LogP contribution in [0.25, 0.3) is 4.65 Å². The van der Waals surface area contributed by atoms with Crippen molar-refractivity contribution < 1.29 is 81.9 Å². The van der Waals surface area contributed by atoms with Crippen molar-refractivity contribution in [2.45, 2.75) is 70.5 Å². The Bertz CT molecular complexity index is 626. The van der Waals surface area contributed by atoms with E-state index in [1.165, 1.54) is 6.08 Å². The zero-order chi connectivity index (χ0) is 21.1. The molecule has 2 rings (SSSR count).